The molecular weight excluding hydrogens is 306 g/mol. The second kappa shape index (κ2) is 7.07. The number of methoxy groups -OCH3 is 2. The molecule has 1 aromatic carbocycles. The van der Waals surface area contributed by atoms with Crippen LogP contribution in [0.15, 0.2) is 39.9 Å². The molecule has 9 heteroatoms. The van der Waals surface area contributed by atoms with Gasteiger partial charge in [0.15, 0.2) is 5.76 Å². The first kappa shape index (κ1) is 16.0. The Kier molecular flexibility index (Phi) is 4.92. The van der Waals surface area contributed by atoms with E-state index in [4.69, 9.17) is 13.9 Å². The van der Waals surface area contributed by atoms with E-state index < -0.39 is 16.7 Å². The van der Waals surface area contributed by atoms with Crippen LogP contribution in [0.4, 0.5) is 5.88 Å². The molecule has 2 aromatic rings. The van der Waals surface area contributed by atoms with Gasteiger partial charge in [-0.1, -0.05) is 0 Å². The maximum atomic E-state index is 12.0. The summed E-state index contributed by atoms with van der Waals surface area (Å²) in [6, 6.07) is 7.22. The van der Waals surface area contributed by atoms with E-state index in [1.807, 2.05) is 0 Å². The van der Waals surface area contributed by atoms with Crippen molar-refractivity contribution in [3.8, 4) is 11.5 Å². The summed E-state index contributed by atoms with van der Waals surface area (Å²) in [6.07, 6.45) is 1.16. The molecule has 0 aliphatic heterocycles. The van der Waals surface area contributed by atoms with E-state index in [1.54, 1.807) is 6.07 Å². The molecule has 1 amide bonds. The van der Waals surface area contributed by atoms with Crippen molar-refractivity contribution in [3.05, 3.63) is 51.8 Å². The van der Waals surface area contributed by atoms with E-state index in [0.717, 1.165) is 6.21 Å². The number of rotatable bonds is 6. The zero-order chi connectivity index (χ0) is 16.8. The maximum absolute atomic E-state index is 12.0. The number of nitrogens with one attached hydrogen (secondary N) is 1. The Hall–Kier alpha value is -3.36. The van der Waals surface area contributed by atoms with Crippen LogP contribution in [0.5, 0.6) is 11.5 Å². The number of benzene rings is 1. The van der Waals surface area contributed by atoms with Crippen molar-refractivity contribution in [2.75, 3.05) is 14.2 Å². The lowest BCUT2D eigenvalue weighted by Gasteiger charge is -2.07. The predicted molar refractivity (Wildman–Crippen MR) is 80.0 cm³/mol. The van der Waals surface area contributed by atoms with Crippen molar-refractivity contribution in [1.82, 2.24) is 5.43 Å². The van der Waals surface area contributed by atoms with E-state index in [-0.39, 0.29) is 11.3 Å². The molecule has 0 fully saturated rings. The van der Waals surface area contributed by atoms with E-state index >= 15 is 0 Å². The van der Waals surface area contributed by atoms with E-state index in [9.17, 15) is 14.9 Å². The van der Waals surface area contributed by atoms with Crippen LogP contribution in [0.1, 0.15) is 16.1 Å². The number of ether oxygens (including phenoxy) is 2. The molecule has 0 aliphatic carbocycles. The maximum Gasteiger partial charge on any atom is 0.433 e. The van der Waals surface area contributed by atoms with Crippen LogP contribution in [-0.2, 0) is 0 Å². The molecule has 0 atom stereocenters. The highest BCUT2D eigenvalue weighted by Gasteiger charge is 2.11. The predicted octanol–water partition coefficient (Wildman–Crippen LogP) is 1.97. The average Bonchev–Trinajstić information content (AvgIpc) is 3.03. The second-order valence-corrected chi connectivity index (χ2v) is 4.23. The third-order valence-electron chi connectivity index (χ3n) is 2.76. The number of amides is 1. The number of nitro groups is 1. The molecule has 1 aromatic heterocycles. The lowest BCUT2D eigenvalue weighted by molar-refractivity contribution is -0.402. The minimum absolute atomic E-state index is 0.139. The van der Waals surface area contributed by atoms with Gasteiger partial charge in [-0.25, -0.2) is 5.43 Å². The van der Waals surface area contributed by atoms with Crippen LogP contribution in [0.2, 0.25) is 0 Å². The Bertz CT molecular complexity index is 730. The summed E-state index contributed by atoms with van der Waals surface area (Å²) in [7, 11) is 2.94. The Labute approximate surface area is 130 Å². The fourth-order valence-electron chi connectivity index (χ4n) is 1.67. The monoisotopic (exact) mass is 319 g/mol. The van der Waals surface area contributed by atoms with Gasteiger partial charge in [-0.3, -0.25) is 14.9 Å². The molecule has 23 heavy (non-hydrogen) atoms. The lowest BCUT2D eigenvalue weighted by Crippen LogP contribution is -2.17. The van der Waals surface area contributed by atoms with E-state index in [0.29, 0.717) is 11.5 Å². The van der Waals surface area contributed by atoms with Crippen molar-refractivity contribution < 1.29 is 23.6 Å². The van der Waals surface area contributed by atoms with Crippen LogP contribution in [0.25, 0.3) is 0 Å². The molecule has 0 bridgehead atoms. The van der Waals surface area contributed by atoms with Gasteiger partial charge in [-0.15, -0.1) is 0 Å². The Morgan fingerprint density at radius 3 is 2.43 bits per heavy atom. The third kappa shape index (κ3) is 4.06. The minimum Gasteiger partial charge on any atom is -0.497 e. The van der Waals surface area contributed by atoms with Crippen molar-refractivity contribution in [1.29, 1.82) is 0 Å². The third-order valence-corrected chi connectivity index (χ3v) is 2.76. The summed E-state index contributed by atoms with van der Waals surface area (Å²) < 4.78 is 15.0. The first-order valence-electron chi connectivity index (χ1n) is 6.34. The molecule has 1 heterocycles. The van der Waals surface area contributed by atoms with Gasteiger partial charge in [-0.05, 0) is 18.2 Å². The minimum atomic E-state index is -0.668. The van der Waals surface area contributed by atoms with Gasteiger partial charge in [0.2, 0.25) is 0 Å². The quantitative estimate of drug-likeness (QED) is 0.494. The smallest absolute Gasteiger partial charge is 0.433 e. The Morgan fingerprint density at radius 1 is 1.26 bits per heavy atom. The summed E-state index contributed by atoms with van der Waals surface area (Å²) in [5, 5.41) is 14.2. The van der Waals surface area contributed by atoms with Gasteiger partial charge in [0.05, 0.1) is 26.5 Å². The van der Waals surface area contributed by atoms with Gasteiger partial charge < -0.3 is 13.9 Å². The molecule has 0 saturated carbocycles. The molecular formula is C14H13N3O6. The van der Waals surface area contributed by atoms with Crippen molar-refractivity contribution in [3.63, 3.8) is 0 Å². The number of hydrazone groups is 1. The lowest BCUT2D eigenvalue weighted by atomic mass is 10.2. The number of furan rings is 1. The second-order valence-electron chi connectivity index (χ2n) is 4.23. The largest absolute Gasteiger partial charge is 0.497 e. The highest BCUT2D eigenvalue weighted by atomic mass is 16.6. The first-order valence-corrected chi connectivity index (χ1v) is 6.34. The van der Waals surface area contributed by atoms with E-state index in [2.05, 4.69) is 10.5 Å². The topological polar surface area (TPSA) is 116 Å². The van der Waals surface area contributed by atoms with Gasteiger partial charge in [0.25, 0.3) is 5.91 Å². The number of carbonyl (C=O) groups is 1. The van der Waals surface area contributed by atoms with Gasteiger partial charge in [-0.2, -0.15) is 5.10 Å². The van der Waals surface area contributed by atoms with Crippen LogP contribution >= 0.6 is 0 Å². The summed E-state index contributed by atoms with van der Waals surface area (Å²) >= 11 is 0. The number of hydrogen-bond acceptors (Lipinski definition) is 7. The van der Waals surface area contributed by atoms with Gasteiger partial charge >= 0.3 is 5.88 Å². The zero-order valence-corrected chi connectivity index (χ0v) is 12.3. The van der Waals surface area contributed by atoms with Crippen LogP contribution in [0.3, 0.4) is 0 Å². The standard InChI is InChI=1S/C14H13N3O6/c1-21-11-5-9(6-12(7-11)22-2)14(18)16-15-8-10-3-4-13(23-10)17(19)20/h3-8H,1-2H3,(H,16,18)/b15-8-. The fraction of sp³-hybridized carbons (Fsp3) is 0.143. The van der Waals surface area contributed by atoms with Gasteiger partial charge in [0.1, 0.15) is 16.4 Å². The fourth-order valence-corrected chi connectivity index (χ4v) is 1.67. The number of hydrogen-bond donors (Lipinski definition) is 1. The summed E-state index contributed by atoms with van der Waals surface area (Å²) in [5.41, 5.74) is 2.56. The van der Waals surface area contributed by atoms with Gasteiger partial charge in [0, 0.05) is 11.6 Å². The van der Waals surface area contributed by atoms with Crippen LogP contribution < -0.4 is 14.9 Å². The molecule has 120 valence electrons. The van der Waals surface area contributed by atoms with Crippen LogP contribution in [0, 0.1) is 10.1 Å². The average molecular weight is 319 g/mol. The summed E-state index contributed by atoms with van der Waals surface area (Å²) in [4.78, 5) is 21.8. The first-order chi connectivity index (χ1) is 11.0. The Morgan fingerprint density at radius 2 is 1.91 bits per heavy atom. The van der Waals surface area contributed by atoms with Crippen molar-refractivity contribution >= 4 is 18.0 Å². The molecule has 1 N–H and O–H groups in total. The summed E-state index contributed by atoms with van der Waals surface area (Å²) in [5.74, 6) is 0.148. The zero-order valence-electron chi connectivity index (χ0n) is 12.3. The molecule has 0 radical (unpaired) electrons. The van der Waals surface area contributed by atoms with Crippen molar-refractivity contribution in [2.24, 2.45) is 5.10 Å². The summed E-state index contributed by atoms with van der Waals surface area (Å²) in [6.45, 7) is 0. The normalized spacial score (nSPS) is 10.5. The SMILES string of the molecule is COc1cc(OC)cc(C(=O)N/N=C\c2ccc([N+](=O)[O-])o2)c1. The molecule has 0 unspecified atom stereocenters. The number of nitrogens with zero attached hydrogens (tertiary/aromatic N) is 2. The highest BCUT2D eigenvalue weighted by molar-refractivity contribution is 5.95. The number of carbonyl (C=O) groups excluding carboxylic acids is 1. The van der Waals surface area contributed by atoms with Crippen molar-refractivity contribution in [2.45, 2.75) is 0 Å². The Balaban J connectivity index is 2.06. The molecule has 0 saturated heterocycles. The highest BCUT2D eigenvalue weighted by Crippen LogP contribution is 2.22. The van der Waals surface area contributed by atoms with E-state index in [1.165, 1.54) is 38.5 Å². The van der Waals surface area contributed by atoms with Crippen LogP contribution in [-0.4, -0.2) is 31.3 Å². The molecule has 0 spiro atoms. The molecule has 2 rings (SSSR count). The molecule has 0 aliphatic rings. The molecule has 9 nitrogen and oxygen atoms in total.